The van der Waals surface area contributed by atoms with E-state index in [0.29, 0.717) is 6.42 Å². The Morgan fingerprint density at radius 2 is 2.33 bits per heavy atom. The van der Waals surface area contributed by atoms with Gasteiger partial charge in [-0.1, -0.05) is 17.5 Å². The summed E-state index contributed by atoms with van der Waals surface area (Å²) in [6, 6.07) is 0.913. The number of carbonyl (C=O) groups is 1. The maximum Gasteiger partial charge on any atom is 0.257 e. The molecule has 0 bridgehead atoms. The molecular weight excluding hydrogens is 314 g/mol. The van der Waals surface area contributed by atoms with Gasteiger partial charge < -0.3 is 10.6 Å². The molecular formula is C13H14ClN3O3S. The lowest BCUT2D eigenvalue weighted by Gasteiger charge is -2.26. The van der Waals surface area contributed by atoms with Crippen LogP contribution in [0.4, 0.5) is 5.69 Å². The van der Waals surface area contributed by atoms with Crippen LogP contribution in [0, 0.1) is 12.3 Å². The second-order valence-electron chi connectivity index (χ2n) is 4.79. The fraction of sp³-hybridized carbons (Fsp3) is 0.385. The van der Waals surface area contributed by atoms with Gasteiger partial charge in [-0.15, -0.1) is 6.42 Å². The summed E-state index contributed by atoms with van der Waals surface area (Å²) in [7, 11) is -3.12. The Kier molecular flexibility index (Phi) is 4.40. The van der Waals surface area contributed by atoms with Gasteiger partial charge >= 0.3 is 0 Å². The Hall–Kier alpha value is -1.78. The average molecular weight is 328 g/mol. The van der Waals surface area contributed by atoms with E-state index in [0.717, 1.165) is 0 Å². The van der Waals surface area contributed by atoms with Gasteiger partial charge in [0.15, 0.2) is 9.84 Å². The molecule has 2 rings (SSSR count). The van der Waals surface area contributed by atoms with Crippen molar-refractivity contribution in [3.05, 3.63) is 23.0 Å². The molecule has 1 aliphatic heterocycles. The van der Waals surface area contributed by atoms with Crippen LogP contribution in [0.1, 0.15) is 16.8 Å². The van der Waals surface area contributed by atoms with Gasteiger partial charge in [0.1, 0.15) is 5.15 Å². The van der Waals surface area contributed by atoms with Crippen molar-refractivity contribution >= 4 is 33.0 Å². The van der Waals surface area contributed by atoms with Crippen molar-refractivity contribution in [3.8, 4) is 12.3 Å². The molecule has 0 aromatic carbocycles. The Bertz CT molecular complexity index is 712. The quantitative estimate of drug-likeness (QED) is 0.647. The van der Waals surface area contributed by atoms with Crippen molar-refractivity contribution in [2.75, 3.05) is 23.8 Å². The Morgan fingerprint density at radius 1 is 1.62 bits per heavy atom. The number of pyridine rings is 1. The molecule has 1 aliphatic rings. The third-order valence-corrected chi connectivity index (χ3v) is 5.26. The molecule has 0 aliphatic carbocycles. The summed E-state index contributed by atoms with van der Waals surface area (Å²) in [5, 5.41) is 0.132. The van der Waals surface area contributed by atoms with Gasteiger partial charge in [-0.05, 0) is 12.5 Å². The zero-order valence-corrected chi connectivity index (χ0v) is 12.7. The van der Waals surface area contributed by atoms with Crippen molar-refractivity contribution in [3.63, 3.8) is 0 Å². The van der Waals surface area contributed by atoms with E-state index in [1.807, 2.05) is 0 Å². The van der Waals surface area contributed by atoms with Gasteiger partial charge in [-0.2, -0.15) is 0 Å². The van der Waals surface area contributed by atoms with E-state index in [9.17, 15) is 13.2 Å². The fourth-order valence-corrected chi connectivity index (χ4v) is 4.16. The van der Waals surface area contributed by atoms with Crippen LogP contribution in [-0.4, -0.2) is 48.3 Å². The van der Waals surface area contributed by atoms with Gasteiger partial charge in [-0.3, -0.25) is 4.79 Å². The molecule has 6 nitrogen and oxygen atoms in total. The highest BCUT2D eigenvalue weighted by molar-refractivity contribution is 7.91. The largest absolute Gasteiger partial charge is 0.397 e. The Balaban J connectivity index is 2.32. The maximum absolute atomic E-state index is 12.6. The normalized spacial score (nSPS) is 19.9. The van der Waals surface area contributed by atoms with Crippen LogP contribution >= 0.6 is 11.6 Å². The first-order valence-electron chi connectivity index (χ1n) is 6.20. The Morgan fingerprint density at radius 3 is 2.90 bits per heavy atom. The highest BCUT2D eigenvalue weighted by Gasteiger charge is 2.35. The zero-order chi connectivity index (χ0) is 15.6. The summed E-state index contributed by atoms with van der Waals surface area (Å²) in [5.41, 5.74) is 6.09. The number of aromatic nitrogens is 1. The predicted molar refractivity (Wildman–Crippen MR) is 80.6 cm³/mol. The van der Waals surface area contributed by atoms with Crippen LogP contribution in [-0.2, 0) is 9.84 Å². The second kappa shape index (κ2) is 5.92. The number of rotatable bonds is 3. The monoisotopic (exact) mass is 327 g/mol. The number of nitrogens with zero attached hydrogens (tertiary/aromatic N) is 2. The van der Waals surface area contributed by atoms with Crippen LogP contribution in [0.5, 0.6) is 0 Å². The zero-order valence-electron chi connectivity index (χ0n) is 11.1. The summed E-state index contributed by atoms with van der Waals surface area (Å²) in [6.45, 7) is 0.0123. The van der Waals surface area contributed by atoms with Crippen LogP contribution in [0.3, 0.4) is 0 Å². The van der Waals surface area contributed by atoms with Crippen molar-refractivity contribution in [2.24, 2.45) is 0 Å². The number of terminal acetylenes is 1. The molecule has 1 amide bonds. The summed E-state index contributed by atoms with van der Waals surface area (Å²) in [6.07, 6.45) is 6.94. The molecule has 1 saturated heterocycles. The Labute approximate surface area is 128 Å². The van der Waals surface area contributed by atoms with Crippen LogP contribution in [0.15, 0.2) is 12.3 Å². The van der Waals surface area contributed by atoms with E-state index < -0.39 is 21.8 Å². The third-order valence-electron chi connectivity index (χ3n) is 3.30. The van der Waals surface area contributed by atoms with Crippen molar-refractivity contribution in [2.45, 2.75) is 12.5 Å². The summed E-state index contributed by atoms with van der Waals surface area (Å²) in [5.74, 6) is 1.91. The minimum Gasteiger partial charge on any atom is -0.397 e. The van der Waals surface area contributed by atoms with Crippen LogP contribution < -0.4 is 5.73 Å². The number of hydrogen-bond donors (Lipinski definition) is 1. The van der Waals surface area contributed by atoms with E-state index in [4.69, 9.17) is 23.8 Å². The summed E-state index contributed by atoms with van der Waals surface area (Å²) >= 11 is 5.77. The van der Waals surface area contributed by atoms with Gasteiger partial charge in [0.05, 0.1) is 35.5 Å². The molecule has 1 aromatic heterocycles. The molecule has 21 heavy (non-hydrogen) atoms. The molecule has 1 fully saturated rings. The first-order chi connectivity index (χ1) is 9.84. The van der Waals surface area contributed by atoms with Crippen molar-refractivity contribution in [1.29, 1.82) is 0 Å². The number of nitrogens with two attached hydrogens (primary N) is 1. The lowest BCUT2D eigenvalue weighted by Crippen LogP contribution is -2.41. The molecule has 112 valence electrons. The molecule has 1 atom stereocenters. The average Bonchev–Trinajstić information content (AvgIpc) is 2.78. The van der Waals surface area contributed by atoms with E-state index >= 15 is 0 Å². The highest BCUT2D eigenvalue weighted by atomic mass is 35.5. The maximum atomic E-state index is 12.6. The summed E-state index contributed by atoms with van der Waals surface area (Å²) in [4.78, 5) is 17.7. The summed E-state index contributed by atoms with van der Waals surface area (Å²) < 4.78 is 23.2. The third kappa shape index (κ3) is 3.46. The van der Waals surface area contributed by atoms with Gasteiger partial charge in [0.25, 0.3) is 5.91 Å². The lowest BCUT2D eigenvalue weighted by molar-refractivity contribution is 0.0725. The molecule has 0 radical (unpaired) electrons. The minimum atomic E-state index is -3.12. The molecule has 1 aromatic rings. The second-order valence-corrected chi connectivity index (χ2v) is 7.40. The van der Waals surface area contributed by atoms with E-state index in [2.05, 4.69) is 10.9 Å². The number of hydrogen-bond acceptors (Lipinski definition) is 5. The van der Waals surface area contributed by atoms with Crippen molar-refractivity contribution < 1.29 is 13.2 Å². The predicted octanol–water partition coefficient (Wildman–Crippen LogP) is 0.580. The number of nitrogen functional groups attached to an aromatic ring is 1. The molecule has 2 heterocycles. The number of halogens is 1. The molecule has 0 saturated carbocycles. The highest BCUT2D eigenvalue weighted by Crippen LogP contribution is 2.23. The number of anilines is 1. The van der Waals surface area contributed by atoms with Crippen molar-refractivity contribution in [1.82, 2.24) is 9.88 Å². The smallest absolute Gasteiger partial charge is 0.257 e. The topological polar surface area (TPSA) is 93.4 Å². The van der Waals surface area contributed by atoms with E-state index in [1.54, 1.807) is 0 Å². The first-order valence-corrected chi connectivity index (χ1v) is 8.40. The minimum absolute atomic E-state index is 0.0123. The van der Waals surface area contributed by atoms with Gasteiger partial charge in [-0.25, -0.2) is 13.4 Å². The van der Waals surface area contributed by atoms with E-state index in [1.165, 1.54) is 17.2 Å². The molecule has 2 N–H and O–H groups in total. The standard InChI is InChI=1S/C13H14ClN3O3S/c1-2-4-17(9-3-5-21(19,20)8-9)13(18)10-6-12(14)16-7-11(10)15/h1,6-7,9H,3-5,8,15H2. The number of carbonyl (C=O) groups excluding carboxylic acids is 1. The molecule has 1 unspecified atom stereocenters. The number of amides is 1. The van der Waals surface area contributed by atoms with Gasteiger partial charge in [0, 0.05) is 6.04 Å². The van der Waals surface area contributed by atoms with Crippen LogP contribution in [0.2, 0.25) is 5.15 Å². The molecule has 8 heteroatoms. The SMILES string of the molecule is C#CCN(C(=O)c1cc(Cl)ncc1N)C1CCS(=O)(=O)C1. The van der Waals surface area contributed by atoms with E-state index in [-0.39, 0.29) is 34.5 Å². The fourth-order valence-electron chi connectivity index (χ4n) is 2.27. The first kappa shape index (κ1) is 15.6. The van der Waals surface area contributed by atoms with Gasteiger partial charge in [0.2, 0.25) is 0 Å². The van der Waals surface area contributed by atoms with Crippen LogP contribution in [0.25, 0.3) is 0 Å². The number of sulfone groups is 1. The molecule has 0 spiro atoms. The lowest BCUT2D eigenvalue weighted by atomic mass is 10.1.